The van der Waals surface area contributed by atoms with Crippen LogP contribution in [0.4, 0.5) is 11.6 Å². The number of unbranched alkanes of at least 4 members (excludes halogenated alkanes) is 2. The summed E-state index contributed by atoms with van der Waals surface area (Å²) in [7, 11) is 0. The molecule has 0 saturated carbocycles. The van der Waals surface area contributed by atoms with Crippen LogP contribution in [0.3, 0.4) is 0 Å². The van der Waals surface area contributed by atoms with Crippen LogP contribution in [0, 0.1) is 5.92 Å². The van der Waals surface area contributed by atoms with E-state index in [9.17, 15) is 4.79 Å². The first-order valence-corrected chi connectivity index (χ1v) is 10.4. The molecule has 1 amide bonds. The van der Waals surface area contributed by atoms with E-state index in [1.807, 2.05) is 4.90 Å². The first kappa shape index (κ1) is 19.9. The minimum absolute atomic E-state index is 0.0717. The SMILES string of the molecule is CCCCOc1nc(N)c2c(n1)N(CC1CCCN(CCCC)C1)C(=O)C2. The molecule has 1 aromatic heterocycles. The van der Waals surface area contributed by atoms with Gasteiger partial charge < -0.3 is 15.4 Å². The molecule has 3 heterocycles. The fraction of sp³-hybridized carbons (Fsp3) is 0.750. The maximum Gasteiger partial charge on any atom is 0.320 e. The van der Waals surface area contributed by atoms with Crippen LogP contribution in [-0.2, 0) is 11.2 Å². The topological polar surface area (TPSA) is 84.6 Å². The minimum Gasteiger partial charge on any atom is -0.463 e. The molecule has 0 bridgehead atoms. The van der Waals surface area contributed by atoms with Crippen LogP contribution < -0.4 is 15.4 Å². The molecule has 3 rings (SSSR count). The number of ether oxygens (including phenoxy) is 1. The van der Waals surface area contributed by atoms with Crippen molar-refractivity contribution >= 4 is 17.5 Å². The van der Waals surface area contributed by atoms with Gasteiger partial charge in [0.05, 0.1) is 13.0 Å². The average Bonchev–Trinajstić information content (AvgIpc) is 2.97. The van der Waals surface area contributed by atoms with Crippen LogP contribution in [0.1, 0.15) is 57.9 Å². The second-order valence-corrected chi connectivity index (χ2v) is 7.74. The third-order valence-electron chi connectivity index (χ3n) is 5.48. The van der Waals surface area contributed by atoms with Crippen LogP contribution in [-0.4, -0.2) is 53.6 Å². The van der Waals surface area contributed by atoms with E-state index in [1.54, 1.807) is 0 Å². The Morgan fingerprint density at radius 1 is 1.22 bits per heavy atom. The van der Waals surface area contributed by atoms with Crippen molar-refractivity contribution in [3.05, 3.63) is 5.56 Å². The summed E-state index contributed by atoms with van der Waals surface area (Å²) in [5.74, 6) is 1.58. The summed E-state index contributed by atoms with van der Waals surface area (Å²) in [5, 5.41) is 0. The van der Waals surface area contributed by atoms with E-state index in [0.717, 1.165) is 37.9 Å². The number of fused-ring (bicyclic) bond motifs is 1. The molecule has 1 atom stereocenters. The molecule has 1 fully saturated rings. The van der Waals surface area contributed by atoms with Gasteiger partial charge in [-0.1, -0.05) is 26.7 Å². The number of carbonyl (C=O) groups is 1. The van der Waals surface area contributed by atoms with E-state index >= 15 is 0 Å². The highest BCUT2D eigenvalue weighted by atomic mass is 16.5. The lowest BCUT2D eigenvalue weighted by molar-refractivity contribution is -0.117. The number of nitrogen functional groups attached to an aromatic ring is 1. The number of hydrogen-bond donors (Lipinski definition) is 1. The van der Waals surface area contributed by atoms with Crippen molar-refractivity contribution in [3.63, 3.8) is 0 Å². The predicted octanol–water partition coefficient (Wildman–Crippen LogP) is 2.64. The first-order chi connectivity index (χ1) is 13.1. The Labute approximate surface area is 162 Å². The molecule has 7 heteroatoms. The second kappa shape index (κ2) is 9.35. The van der Waals surface area contributed by atoms with Crippen molar-refractivity contribution in [1.82, 2.24) is 14.9 Å². The number of anilines is 2. The number of hydrogen-bond acceptors (Lipinski definition) is 6. The van der Waals surface area contributed by atoms with Gasteiger partial charge in [-0.3, -0.25) is 9.69 Å². The van der Waals surface area contributed by atoms with E-state index in [-0.39, 0.29) is 11.9 Å². The summed E-state index contributed by atoms with van der Waals surface area (Å²) < 4.78 is 5.64. The maximum atomic E-state index is 12.6. The van der Waals surface area contributed by atoms with E-state index in [4.69, 9.17) is 10.5 Å². The van der Waals surface area contributed by atoms with Gasteiger partial charge in [-0.25, -0.2) is 0 Å². The molecule has 1 saturated heterocycles. The largest absolute Gasteiger partial charge is 0.463 e. The van der Waals surface area contributed by atoms with Gasteiger partial charge in [-0.05, 0) is 44.7 Å². The van der Waals surface area contributed by atoms with E-state index < -0.39 is 0 Å². The summed E-state index contributed by atoms with van der Waals surface area (Å²) >= 11 is 0. The van der Waals surface area contributed by atoms with Crippen molar-refractivity contribution in [3.8, 4) is 6.01 Å². The van der Waals surface area contributed by atoms with E-state index in [0.29, 0.717) is 37.1 Å². The zero-order valence-electron chi connectivity index (χ0n) is 16.7. The lowest BCUT2D eigenvalue weighted by atomic mass is 9.97. The quantitative estimate of drug-likeness (QED) is 0.668. The Morgan fingerprint density at radius 2 is 2.04 bits per heavy atom. The number of nitrogens with zero attached hydrogens (tertiary/aromatic N) is 4. The zero-order chi connectivity index (χ0) is 19.2. The molecular weight excluding hydrogens is 342 g/mol. The molecule has 0 aromatic carbocycles. The number of nitrogens with two attached hydrogens (primary N) is 1. The molecule has 2 aliphatic heterocycles. The Balaban J connectivity index is 1.69. The number of aromatic nitrogens is 2. The van der Waals surface area contributed by atoms with Gasteiger partial charge in [-0.15, -0.1) is 0 Å². The Morgan fingerprint density at radius 3 is 2.81 bits per heavy atom. The lowest BCUT2D eigenvalue weighted by Gasteiger charge is -2.34. The molecular formula is C20H33N5O2. The van der Waals surface area contributed by atoms with Crippen molar-refractivity contribution in [2.24, 2.45) is 5.92 Å². The van der Waals surface area contributed by atoms with Gasteiger partial charge in [0.1, 0.15) is 11.6 Å². The average molecular weight is 376 g/mol. The molecule has 7 nitrogen and oxygen atoms in total. The first-order valence-electron chi connectivity index (χ1n) is 10.4. The molecule has 1 aromatic rings. The van der Waals surface area contributed by atoms with Crippen molar-refractivity contribution in [2.75, 3.05) is 43.4 Å². The summed E-state index contributed by atoms with van der Waals surface area (Å²) in [6.45, 7) is 8.99. The fourth-order valence-corrected chi connectivity index (χ4v) is 3.93. The molecule has 1 unspecified atom stereocenters. The normalized spacial score (nSPS) is 20.1. The zero-order valence-corrected chi connectivity index (χ0v) is 16.7. The van der Waals surface area contributed by atoms with E-state index in [2.05, 4.69) is 28.7 Å². The van der Waals surface area contributed by atoms with Crippen molar-refractivity contribution in [1.29, 1.82) is 0 Å². The number of amides is 1. The highest BCUT2D eigenvalue weighted by molar-refractivity contribution is 6.01. The molecule has 150 valence electrons. The molecule has 2 aliphatic rings. The number of likely N-dealkylation sites (tertiary alicyclic amines) is 1. The molecule has 0 radical (unpaired) electrons. The van der Waals surface area contributed by atoms with Gasteiger partial charge in [0.15, 0.2) is 0 Å². The van der Waals surface area contributed by atoms with Crippen LogP contribution >= 0.6 is 0 Å². The summed E-state index contributed by atoms with van der Waals surface area (Å²) in [4.78, 5) is 25.7. The van der Waals surface area contributed by atoms with Crippen LogP contribution in [0.15, 0.2) is 0 Å². The molecule has 2 N–H and O–H groups in total. The maximum absolute atomic E-state index is 12.6. The Hall–Kier alpha value is -1.89. The fourth-order valence-electron chi connectivity index (χ4n) is 3.93. The number of piperidine rings is 1. The van der Waals surface area contributed by atoms with Crippen molar-refractivity contribution in [2.45, 2.75) is 58.8 Å². The monoisotopic (exact) mass is 375 g/mol. The number of carbonyl (C=O) groups excluding carboxylic acids is 1. The van der Waals surface area contributed by atoms with Gasteiger partial charge in [0.2, 0.25) is 5.91 Å². The summed E-state index contributed by atoms with van der Waals surface area (Å²) in [6.07, 6.45) is 7.09. The molecule has 0 spiro atoms. The lowest BCUT2D eigenvalue weighted by Crippen LogP contribution is -2.42. The Kier molecular flexibility index (Phi) is 6.88. The number of rotatable bonds is 9. The third kappa shape index (κ3) is 4.89. The highest BCUT2D eigenvalue weighted by Gasteiger charge is 2.34. The smallest absolute Gasteiger partial charge is 0.320 e. The Bertz CT molecular complexity index is 652. The predicted molar refractivity (Wildman–Crippen MR) is 107 cm³/mol. The van der Waals surface area contributed by atoms with Gasteiger partial charge >= 0.3 is 6.01 Å². The second-order valence-electron chi connectivity index (χ2n) is 7.74. The summed E-state index contributed by atoms with van der Waals surface area (Å²) in [6, 6.07) is 0.285. The van der Waals surface area contributed by atoms with E-state index in [1.165, 1.54) is 25.8 Å². The minimum atomic E-state index is 0.0717. The summed E-state index contributed by atoms with van der Waals surface area (Å²) in [5.41, 5.74) is 6.84. The van der Waals surface area contributed by atoms with Gasteiger partial charge in [0.25, 0.3) is 0 Å². The molecule has 27 heavy (non-hydrogen) atoms. The standard InChI is InChI=1S/C20H33N5O2/c1-3-5-9-24-10-7-8-15(13-24)14-25-17(26)12-16-18(21)22-20(23-19(16)25)27-11-6-4-2/h15H,3-14H2,1-2H3,(H2,21,22,23). The highest BCUT2D eigenvalue weighted by Crippen LogP contribution is 2.33. The van der Waals surface area contributed by atoms with Crippen LogP contribution in [0.25, 0.3) is 0 Å². The molecule has 0 aliphatic carbocycles. The van der Waals surface area contributed by atoms with Crippen LogP contribution in [0.2, 0.25) is 0 Å². The van der Waals surface area contributed by atoms with Gasteiger partial charge in [-0.2, -0.15) is 9.97 Å². The van der Waals surface area contributed by atoms with Crippen LogP contribution in [0.5, 0.6) is 6.01 Å². The van der Waals surface area contributed by atoms with Gasteiger partial charge in [0, 0.05) is 18.7 Å². The third-order valence-corrected chi connectivity index (χ3v) is 5.48. The van der Waals surface area contributed by atoms with Crippen molar-refractivity contribution < 1.29 is 9.53 Å².